The van der Waals surface area contributed by atoms with Gasteiger partial charge in [0.1, 0.15) is 0 Å². The first kappa shape index (κ1) is 15.8. The van der Waals surface area contributed by atoms with Crippen molar-refractivity contribution in [3.05, 3.63) is 29.8 Å². The summed E-state index contributed by atoms with van der Waals surface area (Å²) < 4.78 is 0. The second-order valence-electron chi connectivity index (χ2n) is 3.84. The molecule has 1 rings (SSSR count). The minimum absolute atomic E-state index is 0.394. The molecule has 2 nitrogen and oxygen atoms in total. The van der Waals surface area contributed by atoms with E-state index in [4.69, 9.17) is 5.11 Å². The molecule has 0 saturated heterocycles. The van der Waals surface area contributed by atoms with E-state index in [0.29, 0.717) is 5.56 Å². The van der Waals surface area contributed by atoms with Gasteiger partial charge < -0.3 is 5.11 Å². The molecule has 0 aromatic heterocycles. The molecule has 0 heterocycles. The number of hydrogen-bond donors (Lipinski definition) is 2. The Hall–Kier alpha value is -0.260. The van der Waals surface area contributed by atoms with Gasteiger partial charge in [-0.1, -0.05) is 46.6 Å². The van der Waals surface area contributed by atoms with Crippen molar-refractivity contribution in [2.45, 2.75) is 30.6 Å². The molecular formula is C13H18O2S3. The molecule has 0 saturated carbocycles. The number of carboxylic acid groups (broad SMARTS) is 1. The molecule has 0 spiro atoms. The summed E-state index contributed by atoms with van der Waals surface area (Å²) >= 11 is 4.18. The van der Waals surface area contributed by atoms with E-state index >= 15 is 0 Å². The largest absolute Gasteiger partial charge is 0.478 e. The monoisotopic (exact) mass is 302 g/mol. The maximum absolute atomic E-state index is 11.0. The van der Waals surface area contributed by atoms with Crippen LogP contribution in [0.25, 0.3) is 0 Å². The summed E-state index contributed by atoms with van der Waals surface area (Å²) in [6, 6.07) is 7.15. The lowest BCUT2D eigenvalue weighted by molar-refractivity contribution is 0.0693. The first-order valence-electron chi connectivity index (χ1n) is 5.98. The molecule has 0 bridgehead atoms. The van der Waals surface area contributed by atoms with Crippen molar-refractivity contribution in [3.63, 3.8) is 0 Å². The normalized spacial score (nSPS) is 10.5. The summed E-state index contributed by atoms with van der Waals surface area (Å²) in [7, 11) is 3.29. The first-order valence-corrected chi connectivity index (χ1v) is 8.93. The molecule has 18 heavy (non-hydrogen) atoms. The number of carbonyl (C=O) groups is 1. The van der Waals surface area contributed by atoms with E-state index in [9.17, 15) is 4.79 Å². The van der Waals surface area contributed by atoms with E-state index in [1.807, 2.05) is 12.1 Å². The van der Waals surface area contributed by atoms with E-state index in [1.54, 1.807) is 33.7 Å². The molecule has 1 aromatic rings. The highest BCUT2D eigenvalue weighted by atomic mass is 33.1. The predicted molar refractivity (Wildman–Crippen MR) is 84.0 cm³/mol. The quantitative estimate of drug-likeness (QED) is 0.397. The van der Waals surface area contributed by atoms with E-state index in [-0.39, 0.29) is 0 Å². The maximum Gasteiger partial charge on any atom is 0.336 e. The van der Waals surface area contributed by atoms with Gasteiger partial charge in [-0.05, 0) is 30.7 Å². The predicted octanol–water partition coefficient (Wildman–Crippen LogP) is 4.62. The van der Waals surface area contributed by atoms with Crippen molar-refractivity contribution < 1.29 is 9.90 Å². The fraction of sp³-hybridized carbons (Fsp3) is 0.462. The second-order valence-corrected chi connectivity index (χ2v) is 6.75. The van der Waals surface area contributed by atoms with Crippen LogP contribution in [-0.4, -0.2) is 22.6 Å². The molecule has 0 amide bonds. The third-order valence-electron chi connectivity index (χ3n) is 2.40. The highest BCUT2D eigenvalue weighted by molar-refractivity contribution is 8.76. The van der Waals surface area contributed by atoms with Crippen molar-refractivity contribution in [1.29, 1.82) is 0 Å². The van der Waals surface area contributed by atoms with E-state index in [2.05, 4.69) is 12.6 Å². The summed E-state index contributed by atoms with van der Waals surface area (Å²) in [6.07, 6.45) is 4.83. The maximum atomic E-state index is 11.0. The molecule has 1 aromatic carbocycles. The fourth-order valence-corrected chi connectivity index (χ4v) is 4.00. The molecule has 1 N–H and O–H groups in total. The zero-order chi connectivity index (χ0) is 13.2. The van der Waals surface area contributed by atoms with Gasteiger partial charge in [0.05, 0.1) is 5.56 Å². The summed E-state index contributed by atoms with van der Waals surface area (Å²) in [6.45, 7) is 0. The molecule has 0 unspecified atom stereocenters. The Kier molecular flexibility index (Phi) is 8.46. The third kappa shape index (κ3) is 6.07. The molecule has 5 heteroatoms. The van der Waals surface area contributed by atoms with Gasteiger partial charge in [0.2, 0.25) is 0 Å². The molecule has 100 valence electrons. The second kappa shape index (κ2) is 9.64. The average molecular weight is 302 g/mol. The van der Waals surface area contributed by atoms with Crippen LogP contribution in [0.2, 0.25) is 0 Å². The van der Waals surface area contributed by atoms with E-state index in [0.717, 1.165) is 16.4 Å². The number of carboxylic acids is 1. The number of benzene rings is 1. The number of unbranched alkanes of at least 4 members (excludes halogenated alkanes) is 3. The van der Waals surface area contributed by atoms with Gasteiger partial charge in [0, 0.05) is 10.6 Å². The molecule has 0 aliphatic heterocycles. The Bertz CT molecular complexity index is 369. The van der Waals surface area contributed by atoms with Crippen LogP contribution in [0.4, 0.5) is 0 Å². The minimum Gasteiger partial charge on any atom is -0.478 e. The van der Waals surface area contributed by atoms with Gasteiger partial charge in [-0.3, -0.25) is 0 Å². The summed E-state index contributed by atoms with van der Waals surface area (Å²) in [5, 5.41) is 9.04. The Morgan fingerprint density at radius 1 is 1.17 bits per heavy atom. The summed E-state index contributed by atoms with van der Waals surface area (Å²) in [5.74, 6) is 1.17. The average Bonchev–Trinajstić information content (AvgIpc) is 2.38. The van der Waals surface area contributed by atoms with Crippen LogP contribution < -0.4 is 0 Å². The van der Waals surface area contributed by atoms with Gasteiger partial charge in [-0.15, -0.1) is 0 Å². The molecule has 0 aliphatic carbocycles. The molecule has 0 aliphatic rings. The van der Waals surface area contributed by atoms with Crippen LogP contribution >= 0.6 is 34.2 Å². The zero-order valence-electron chi connectivity index (χ0n) is 10.2. The van der Waals surface area contributed by atoms with Crippen LogP contribution in [0.5, 0.6) is 0 Å². The number of aromatic carboxylic acids is 1. The number of hydrogen-bond acceptors (Lipinski definition) is 4. The van der Waals surface area contributed by atoms with Crippen LogP contribution in [0.1, 0.15) is 36.0 Å². The Balaban J connectivity index is 2.25. The van der Waals surface area contributed by atoms with Crippen molar-refractivity contribution in [2.24, 2.45) is 0 Å². The number of rotatable bonds is 9. The van der Waals surface area contributed by atoms with Crippen molar-refractivity contribution in [3.8, 4) is 0 Å². The van der Waals surface area contributed by atoms with E-state index < -0.39 is 5.97 Å². The molecule has 0 fully saturated rings. The van der Waals surface area contributed by atoms with Gasteiger partial charge >= 0.3 is 5.97 Å². The van der Waals surface area contributed by atoms with Gasteiger partial charge in [-0.2, -0.15) is 12.6 Å². The number of thiol groups is 1. The first-order chi connectivity index (χ1) is 8.75. The Morgan fingerprint density at radius 2 is 1.89 bits per heavy atom. The van der Waals surface area contributed by atoms with Crippen molar-refractivity contribution in [1.82, 2.24) is 0 Å². The highest BCUT2D eigenvalue weighted by Crippen LogP contribution is 2.34. The van der Waals surface area contributed by atoms with Crippen LogP contribution in [-0.2, 0) is 0 Å². The van der Waals surface area contributed by atoms with E-state index in [1.165, 1.54) is 25.7 Å². The Labute approximate surface area is 122 Å². The van der Waals surface area contributed by atoms with Crippen LogP contribution in [0.3, 0.4) is 0 Å². The third-order valence-corrected chi connectivity index (χ3v) is 5.22. The molecule has 0 atom stereocenters. The molecular weight excluding hydrogens is 284 g/mol. The summed E-state index contributed by atoms with van der Waals surface area (Å²) in [4.78, 5) is 11.8. The Morgan fingerprint density at radius 3 is 2.61 bits per heavy atom. The SMILES string of the molecule is O=C(O)c1ccccc1SSCCCCCCS. The van der Waals surface area contributed by atoms with Crippen LogP contribution in [0.15, 0.2) is 29.2 Å². The van der Waals surface area contributed by atoms with Gasteiger partial charge in [0.15, 0.2) is 0 Å². The highest BCUT2D eigenvalue weighted by Gasteiger charge is 2.09. The van der Waals surface area contributed by atoms with Crippen molar-refractivity contribution in [2.75, 3.05) is 11.5 Å². The lowest BCUT2D eigenvalue weighted by atomic mass is 10.2. The van der Waals surface area contributed by atoms with Crippen LogP contribution in [0, 0.1) is 0 Å². The topological polar surface area (TPSA) is 37.3 Å². The van der Waals surface area contributed by atoms with Crippen molar-refractivity contribution >= 4 is 40.2 Å². The van der Waals surface area contributed by atoms with Gasteiger partial charge in [0.25, 0.3) is 0 Å². The minimum atomic E-state index is -0.854. The smallest absolute Gasteiger partial charge is 0.336 e. The van der Waals surface area contributed by atoms with Gasteiger partial charge in [-0.25, -0.2) is 4.79 Å². The summed E-state index contributed by atoms with van der Waals surface area (Å²) in [5.41, 5.74) is 0.394. The fourth-order valence-electron chi connectivity index (χ4n) is 1.45. The lowest BCUT2D eigenvalue weighted by Gasteiger charge is -2.04. The standard InChI is InChI=1S/C13H18O2S3/c14-13(15)11-7-3-4-8-12(11)18-17-10-6-2-1-5-9-16/h3-4,7-8,16H,1-2,5-6,9-10H2,(H,14,15). The molecule has 0 radical (unpaired) electrons. The zero-order valence-corrected chi connectivity index (χ0v) is 12.7. The lowest BCUT2D eigenvalue weighted by Crippen LogP contribution is -1.97.